The Morgan fingerprint density at radius 1 is 1.64 bits per heavy atom. The minimum absolute atomic E-state index is 0.188. The maximum absolute atomic E-state index is 9.39. The highest BCUT2D eigenvalue weighted by Crippen LogP contribution is 2.48. The molecule has 1 aromatic heterocycles. The third kappa shape index (κ3) is 0.841. The second kappa shape index (κ2) is 2.01. The van der Waals surface area contributed by atoms with E-state index in [1.807, 2.05) is 0 Å². The van der Waals surface area contributed by atoms with Gasteiger partial charge in [-0.05, 0) is 19.8 Å². The van der Waals surface area contributed by atoms with E-state index in [2.05, 4.69) is 20.6 Å². The van der Waals surface area contributed by atoms with E-state index in [4.69, 9.17) is 0 Å². The first-order chi connectivity index (χ1) is 5.26. The summed E-state index contributed by atoms with van der Waals surface area (Å²) in [5, 5.41) is 23.0. The predicted molar refractivity (Wildman–Crippen MR) is 36.8 cm³/mol. The van der Waals surface area contributed by atoms with Gasteiger partial charge in [-0.25, -0.2) is 0 Å². The molecule has 5 nitrogen and oxygen atoms in total. The van der Waals surface area contributed by atoms with Gasteiger partial charge in [-0.1, -0.05) is 5.21 Å². The lowest BCUT2D eigenvalue weighted by Crippen LogP contribution is -2.23. The van der Waals surface area contributed by atoms with Crippen molar-refractivity contribution in [2.24, 2.45) is 0 Å². The van der Waals surface area contributed by atoms with Gasteiger partial charge in [-0.2, -0.15) is 5.21 Å². The third-order valence-electron chi connectivity index (χ3n) is 2.38. The van der Waals surface area contributed by atoms with Crippen molar-refractivity contribution in [1.82, 2.24) is 20.6 Å². The highest BCUT2D eigenvalue weighted by molar-refractivity contribution is 5.18. The molecule has 5 heteroatoms. The molecule has 1 unspecified atom stereocenters. The Morgan fingerprint density at radius 3 is 2.73 bits per heavy atom. The number of nitrogens with one attached hydrogen (secondary N) is 1. The number of aromatic amines is 1. The van der Waals surface area contributed by atoms with Crippen LogP contribution in [0.15, 0.2) is 0 Å². The fourth-order valence-corrected chi connectivity index (χ4v) is 1.34. The number of aromatic nitrogens is 4. The molecule has 0 aromatic carbocycles. The van der Waals surface area contributed by atoms with Gasteiger partial charge in [-0.15, -0.1) is 10.2 Å². The Balaban J connectivity index is 2.29. The van der Waals surface area contributed by atoms with Crippen molar-refractivity contribution in [3.8, 4) is 0 Å². The maximum Gasteiger partial charge on any atom is 0.183 e. The molecule has 60 valence electrons. The fourth-order valence-electron chi connectivity index (χ4n) is 1.34. The normalized spacial score (nSPS) is 23.1. The lowest BCUT2D eigenvalue weighted by atomic mass is 10.0. The average Bonchev–Trinajstić information content (AvgIpc) is 2.61. The zero-order chi connectivity index (χ0) is 7.90. The molecule has 2 N–H and O–H groups in total. The van der Waals surface area contributed by atoms with E-state index >= 15 is 0 Å². The van der Waals surface area contributed by atoms with Gasteiger partial charge in [0.05, 0.1) is 11.5 Å². The largest absolute Gasteiger partial charge is 0.392 e. The van der Waals surface area contributed by atoms with E-state index in [1.165, 1.54) is 0 Å². The van der Waals surface area contributed by atoms with Crippen molar-refractivity contribution >= 4 is 0 Å². The van der Waals surface area contributed by atoms with Gasteiger partial charge in [0.25, 0.3) is 0 Å². The monoisotopic (exact) mass is 154 g/mol. The number of hydrogen-bond acceptors (Lipinski definition) is 4. The van der Waals surface area contributed by atoms with Crippen LogP contribution in [0.5, 0.6) is 0 Å². The Hall–Kier alpha value is -0.970. The summed E-state index contributed by atoms with van der Waals surface area (Å²) in [4.78, 5) is 0. The van der Waals surface area contributed by atoms with Crippen molar-refractivity contribution in [3.63, 3.8) is 0 Å². The van der Waals surface area contributed by atoms with Crippen LogP contribution in [0.2, 0.25) is 0 Å². The molecule has 11 heavy (non-hydrogen) atoms. The third-order valence-corrected chi connectivity index (χ3v) is 2.38. The maximum atomic E-state index is 9.39. The molecule has 0 aliphatic heterocycles. The summed E-state index contributed by atoms with van der Waals surface area (Å²) in [5.41, 5.74) is -0.188. The summed E-state index contributed by atoms with van der Waals surface area (Å²) in [6, 6.07) is 0. The molecular formula is C6H10N4O. The summed E-state index contributed by atoms with van der Waals surface area (Å²) in [5.74, 6) is 0.646. The van der Waals surface area contributed by atoms with E-state index in [0.29, 0.717) is 5.82 Å². The van der Waals surface area contributed by atoms with E-state index in [0.717, 1.165) is 12.8 Å². The molecule has 0 bridgehead atoms. The molecule has 1 aliphatic carbocycles. The molecule has 0 radical (unpaired) electrons. The Kier molecular flexibility index (Phi) is 1.23. The Bertz CT molecular complexity index is 239. The molecule has 2 rings (SSSR count). The Labute approximate surface area is 63.8 Å². The molecule has 1 aromatic rings. The highest BCUT2D eigenvalue weighted by Gasteiger charge is 2.52. The standard InChI is InChI=1S/C6H10N4O/c1-4(11)6(2-3-6)5-7-9-10-8-5/h4,11H,2-3H2,1H3,(H,7,8,9,10). The first-order valence-electron chi connectivity index (χ1n) is 3.68. The van der Waals surface area contributed by atoms with E-state index in [9.17, 15) is 5.11 Å². The molecule has 1 heterocycles. The molecule has 0 spiro atoms. The van der Waals surface area contributed by atoms with E-state index in [-0.39, 0.29) is 11.5 Å². The average molecular weight is 154 g/mol. The zero-order valence-corrected chi connectivity index (χ0v) is 6.28. The second-order valence-corrected chi connectivity index (χ2v) is 3.07. The van der Waals surface area contributed by atoms with Crippen molar-refractivity contribution < 1.29 is 5.11 Å². The van der Waals surface area contributed by atoms with Crippen molar-refractivity contribution in [2.75, 3.05) is 0 Å². The van der Waals surface area contributed by atoms with Crippen molar-refractivity contribution in [3.05, 3.63) is 5.82 Å². The number of rotatable bonds is 2. The van der Waals surface area contributed by atoms with Gasteiger partial charge in [-0.3, -0.25) is 0 Å². The Morgan fingerprint density at radius 2 is 2.36 bits per heavy atom. The van der Waals surface area contributed by atoms with Gasteiger partial charge in [0.15, 0.2) is 5.82 Å². The van der Waals surface area contributed by atoms with Crippen LogP contribution in [0, 0.1) is 0 Å². The quantitative estimate of drug-likeness (QED) is 0.608. The van der Waals surface area contributed by atoms with Crippen LogP contribution in [0.4, 0.5) is 0 Å². The van der Waals surface area contributed by atoms with E-state index < -0.39 is 0 Å². The first kappa shape index (κ1) is 6.72. The smallest absolute Gasteiger partial charge is 0.183 e. The number of hydrogen-bond donors (Lipinski definition) is 2. The van der Waals surface area contributed by atoms with Crippen LogP contribution in [-0.4, -0.2) is 31.8 Å². The number of H-pyrrole nitrogens is 1. The number of aliphatic hydroxyl groups is 1. The number of tetrazole rings is 1. The van der Waals surface area contributed by atoms with Crippen molar-refractivity contribution in [1.29, 1.82) is 0 Å². The fraction of sp³-hybridized carbons (Fsp3) is 0.833. The summed E-state index contributed by atoms with van der Waals surface area (Å²) in [6.07, 6.45) is 1.55. The predicted octanol–water partition coefficient (Wildman–Crippen LogP) is -0.388. The summed E-state index contributed by atoms with van der Waals surface area (Å²) in [6.45, 7) is 1.77. The topological polar surface area (TPSA) is 74.7 Å². The number of nitrogens with zero attached hydrogens (tertiary/aromatic N) is 3. The SMILES string of the molecule is CC(O)C1(c2nn[nH]n2)CC1. The minimum Gasteiger partial charge on any atom is -0.392 e. The second-order valence-electron chi connectivity index (χ2n) is 3.07. The molecule has 0 amide bonds. The molecule has 1 atom stereocenters. The highest BCUT2D eigenvalue weighted by atomic mass is 16.3. The van der Waals surface area contributed by atoms with Gasteiger partial charge < -0.3 is 5.11 Å². The lowest BCUT2D eigenvalue weighted by molar-refractivity contribution is 0.146. The number of aliphatic hydroxyl groups excluding tert-OH is 1. The van der Waals surface area contributed by atoms with Crippen LogP contribution in [0.3, 0.4) is 0 Å². The summed E-state index contributed by atoms with van der Waals surface area (Å²) in [7, 11) is 0. The summed E-state index contributed by atoms with van der Waals surface area (Å²) < 4.78 is 0. The van der Waals surface area contributed by atoms with Crippen LogP contribution in [0.1, 0.15) is 25.6 Å². The molecule has 1 saturated carbocycles. The van der Waals surface area contributed by atoms with Gasteiger partial charge in [0.2, 0.25) is 0 Å². The minimum atomic E-state index is -0.375. The first-order valence-corrected chi connectivity index (χ1v) is 3.68. The van der Waals surface area contributed by atoms with Crippen LogP contribution in [-0.2, 0) is 5.41 Å². The van der Waals surface area contributed by atoms with Gasteiger partial charge >= 0.3 is 0 Å². The lowest BCUT2D eigenvalue weighted by Gasteiger charge is -2.12. The van der Waals surface area contributed by atoms with Crippen LogP contribution < -0.4 is 0 Å². The summed E-state index contributed by atoms with van der Waals surface area (Å²) >= 11 is 0. The molecule has 1 aliphatic rings. The zero-order valence-electron chi connectivity index (χ0n) is 6.28. The van der Waals surface area contributed by atoms with Gasteiger partial charge in [0.1, 0.15) is 0 Å². The van der Waals surface area contributed by atoms with Crippen molar-refractivity contribution in [2.45, 2.75) is 31.3 Å². The van der Waals surface area contributed by atoms with Crippen LogP contribution in [0.25, 0.3) is 0 Å². The van der Waals surface area contributed by atoms with Gasteiger partial charge in [0, 0.05) is 0 Å². The van der Waals surface area contributed by atoms with Crippen LogP contribution >= 0.6 is 0 Å². The van der Waals surface area contributed by atoms with E-state index in [1.54, 1.807) is 6.92 Å². The molecule has 1 fully saturated rings. The molecular weight excluding hydrogens is 144 g/mol. The molecule has 0 saturated heterocycles.